The summed E-state index contributed by atoms with van der Waals surface area (Å²) >= 11 is 3.17. The summed E-state index contributed by atoms with van der Waals surface area (Å²) in [5.41, 5.74) is 7.30. The minimum Gasteiger partial charge on any atom is -0.369 e. The molecule has 0 aliphatic carbocycles. The third-order valence-electron chi connectivity index (χ3n) is 2.79. The smallest absolute Gasteiger partial charge is 0.201 e. The number of fused-ring (bicyclic) bond motifs is 1. The molecule has 0 bridgehead atoms. The maximum atomic E-state index is 13.3. The van der Waals surface area contributed by atoms with Crippen molar-refractivity contribution in [3.05, 3.63) is 22.4 Å². The van der Waals surface area contributed by atoms with Gasteiger partial charge in [-0.1, -0.05) is 6.92 Å². The lowest BCUT2D eigenvalue weighted by Crippen LogP contribution is -2.07. The number of hydrogen-bond donors (Lipinski definition) is 1. The van der Waals surface area contributed by atoms with E-state index in [9.17, 15) is 4.39 Å². The molecule has 1 aromatic heterocycles. The highest BCUT2D eigenvalue weighted by Gasteiger charge is 2.14. The van der Waals surface area contributed by atoms with Gasteiger partial charge < -0.3 is 10.3 Å². The fourth-order valence-corrected chi connectivity index (χ4v) is 2.09. The van der Waals surface area contributed by atoms with Crippen molar-refractivity contribution in [2.45, 2.75) is 26.3 Å². The zero-order valence-electron chi connectivity index (χ0n) is 9.17. The molecule has 0 radical (unpaired) electrons. The number of aromatic nitrogens is 2. The molecular formula is C11H13BrFN3. The third kappa shape index (κ3) is 1.69. The first-order chi connectivity index (χ1) is 7.54. The van der Waals surface area contributed by atoms with Crippen LogP contribution in [-0.2, 0) is 0 Å². The summed E-state index contributed by atoms with van der Waals surface area (Å²) in [5, 5.41) is 0. The van der Waals surface area contributed by atoms with Gasteiger partial charge in [-0.2, -0.15) is 0 Å². The maximum absolute atomic E-state index is 13.3. The molecule has 1 aromatic carbocycles. The number of halogens is 2. The van der Waals surface area contributed by atoms with E-state index in [0.717, 1.165) is 11.9 Å². The van der Waals surface area contributed by atoms with Gasteiger partial charge in [0.1, 0.15) is 5.82 Å². The molecule has 0 amide bonds. The average molecular weight is 286 g/mol. The Morgan fingerprint density at radius 3 is 2.88 bits per heavy atom. The van der Waals surface area contributed by atoms with Crippen LogP contribution in [0.25, 0.3) is 11.0 Å². The molecular weight excluding hydrogens is 273 g/mol. The standard InChI is InChI=1S/C11H13BrFN3/c1-3-6(2)16-10-4-7(12)8(13)5-9(10)15-11(16)14/h4-6H,3H2,1-2H3,(H2,14,15). The highest BCUT2D eigenvalue weighted by molar-refractivity contribution is 9.10. The van der Waals surface area contributed by atoms with Crippen molar-refractivity contribution in [2.24, 2.45) is 0 Å². The van der Waals surface area contributed by atoms with E-state index in [4.69, 9.17) is 5.73 Å². The van der Waals surface area contributed by atoms with E-state index in [1.165, 1.54) is 6.07 Å². The van der Waals surface area contributed by atoms with Gasteiger partial charge in [-0.05, 0) is 35.3 Å². The third-order valence-corrected chi connectivity index (χ3v) is 3.40. The van der Waals surface area contributed by atoms with Gasteiger partial charge in [-0.3, -0.25) is 0 Å². The predicted molar refractivity (Wildman–Crippen MR) is 66.8 cm³/mol. The number of hydrogen-bond acceptors (Lipinski definition) is 2. The lowest BCUT2D eigenvalue weighted by atomic mass is 10.2. The zero-order valence-corrected chi connectivity index (χ0v) is 10.8. The SMILES string of the molecule is CCC(C)n1c(N)nc2cc(F)c(Br)cc21. The molecule has 2 N–H and O–H groups in total. The Hall–Kier alpha value is -1.10. The Labute approximate surface area is 102 Å². The summed E-state index contributed by atoms with van der Waals surface area (Å²) in [5.74, 6) is 0.114. The van der Waals surface area contributed by atoms with Crippen molar-refractivity contribution in [3.8, 4) is 0 Å². The van der Waals surface area contributed by atoms with Crippen LogP contribution in [0.3, 0.4) is 0 Å². The molecule has 0 saturated heterocycles. The molecule has 0 aliphatic heterocycles. The van der Waals surface area contributed by atoms with Crippen LogP contribution in [0, 0.1) is 5.82 Å². The Bertz CT molecular complexity index is 535. The second kappa shape index (κ2) is 4.05. The Kier molecular flexibility index (Phi) is 2.88. The summed E-state index contributed by atoms with van der Waals surface area (Å²) < 4.78 is 15.7. The summed E-state index contributed by atoms with van der Waals surface area (Å²) in [6.45, 7) is 4.14. The van der Waals surface area contributed by atoms with E-state index in [2.05, 4.69) is 34.8 Å². The number of nitrogens with zero attached hydrogens (tertiary/aromatic N) is 2. The van der Waals surface area contributed by atoms with Gasteiger partial charge in [0, 0.05) is 12.1 Å². The van der Waals surface area contributed by atoms with Crippen molar-refractivity contribution in [3.63, 3.8) is 0 Å². The summed E-state index contributed by atoms with van der Waals surface area (Å²) in [4.78, 5) is 4.16. The van der Waals surface area contributed by atoms with Crippen LogP contribution in [0.1, 0.15) is 26.3 Å². The molecule has 3 nitrogen and oxygen atoms in total. The number of rotatable bonds is 2. The van der Waals surface area contributed by atoms with Gasteiger partial charge in [0.05, 0.1) is 15.5 Å². The van der Waals surface area contributed by atoms with E-state index < -0.39 is 0 Å². The number of nitrogens with two attached hydrogens (primary N) is 1. The Morgan fingerprint density at radius 1 is 1.56 bits per heavy atom. The Morgan fingerprint density at radius 2 is 2.25 bits per heavy atom. The van der Waals surface area contributed by atoms with Crippen LogP contribution in [0.15, 0.2) is 16.6 Å². The molecule has 0 saturated carbocycles. The van der Waals surface area contributed by atoms with Crippen molar-refractivity contribution < 1.29 is 4.39 Å². The number of nitrogen functional groups attached to an aromatic ring is 1. The lowest BCUT2D eigenvalue weighted by molar-refractivity contribution is 0.551. The fraction of sp³-hybridized carbons (Fsp3) is 0.364. The zero-order chi connectivity index (χ0) is 11.9. The van der Waals surface area contributed by atoms with Gasteiger partial charge >= 0.3 is 0 Å². The first-order valence-electron chi connectivity index (χ1n) is 5.17. The molecule has 0 aliphatic rings. The van der Waals surface area contributed by atoms with Crippen molar-refractivity contribution in [1.29, 1.82) is 0 Å². The van der Waals surface area contributed by atoms with Crippen LogP contribution >= 0.6 is 15.9 Å². The van der Waals surface area contributed by atoms with E-state index >= 15 is 0 Å². The molecule has 16 heavy (non-hydrogen) atoms. The number of imidazole rings is 1. The van der Waals surface area contributed by atoms with Crippen LogP contribution in [0.4, 0.5) is 10.3 Å². The van der Waals surface area contributed by atoms with Crippen LogP contribution in [0.5, 0.6) is 0 Å². The number of benzene rings is 1. The van der Waals surface area contributed by atoms with Gasteiger partial charge in [-0.15, -0.1) is 0 Å². The maximum Gasteiger partial charge on any atom is 0.201 e. The lowest BCUT2D eigenvalue weighted by Gasteiger charge is -2.13. The van der Waals surface area contributed by atoms with Gasteiger partial charge in [0.15, 0.2) is 0 Å². The molecule has 0 fully saturated rings. The summed E-state index contributed by atoms with van der Waals surface area (Å²) in [7, 11) is 0. The van der Waals surface area contributed by atoms with Crippen molar-refractivity contribution in [2.75, 3.05) is 5.73 Å². The van der Waals surface area contributed by atoms with E-state index in [-0.39, 0.29) is 11.9 Å². The van der Waals surface area contributed by atoms with Gasteiger partial charge in [0.25, 0.3) is 0 Å². The van der Waals surface area contributed by atoms with E-state index in [1.54, 1.807) is 6.07 Å². The quantitative estimate of drug-likeness (QED) is 0.918. The second-order valence-corrected chi connectivity index (χ2v) is 4.71. The van der Waals surface area contributed by atoms with Crippen LogP contribution in [0.2, 0.25) is 0 Å². The molecule has 1 unspecified atom stereocenters. The molecule has 0 spiro atoms. The van der Waals surface area contributed by atoms with Crippen molar-refractivity contribution >= 4 is 32.9 Å². The fourth-order valence-electron chi connectivity index (χ4n) is 1.75. The highest BCUT2D eigenvalue weighted by Crippen LogP contribution is 2.28. The normalized spacial score (nSPS) is 13.2. The number of anilines is 1. The van der Waals surface area contributed by atoms with Gasteiger partial charge in [0.2, 0.25) is 5.95 Å². The minimum atomic E-state index is -0.318. The first-order valence-corrected chi connectivity index (χ1v) is 5.96. The summed E-state index contributed by atoms with van der Waals surface area (Å²) in [6.07, 6.45) is 0.949. The average Bonchev–Trinajstić information content (AvgIpc) is 2.54. The minimum absolute atomic E-state index is 0.252. The van der Waals surface area contributed by atoms with E-state index in [1.807, 2.05) is 4.57 Å². The van der Waals surface area contributed by atoms with Crippen LogP contribution < -0.4 is 5.73 Å². The first kappa shape index (κ1) is 11.4. The highest BCUT2D eigenvalue weighted by atomic mass is 79.9. The van der Waals surface area contributed by atoms with Crippen LogP contribution in [-0.4, -0.2) is 9.55 Å². The van der Waals surface area contributed by atoms with Gasteiger partial charge in [-0.25, -0.2) is 9.37 Å². The van der Waals surface area contributed by atoms with E-state index in [0.29, 0.717) is 15.9 Å². The largest absolute Gasteiger partial charge is 0.369 e. The topological polar surface area (TPSA) is 43.8 Å². The molecule has 2 aromatic rings. The second-order valence-electron chi connectivity index (χ2n) is 3.85. The molecule has 2 rings (SSSR count). The molecule has 5 heteroatoms. The Balaban J connectivity index is 2.73. The monoisotopic (exact) mass is 285 g/mol. The summed E-state index contributed by atoms with van der Waals surface area (Å²) in [6, 6.07) is 3.37. The molecule has 1 heterocycles. The predicted octanol–water partition coefficient (Wildman–Crippen LogP) is 3.49. The molecule has 1 atom stereocenters. The van der Waals surface area contributed by atoms with Crippen molar-refractivity contribution in [1.82, 2.24) is 9.55 Å². The molecule has 86 valence electrons.